The second-order valence-electron chi connectivity index (χ2n) is 22.8. The van der Waals surface area contributed by atoms with E-state index in [1.54, 1.807) is 6.08 Å². The molecule has 0 aliphatic carbocycles. The Labute approximate surface area is 450 Å². The molecule has 0 saturated heterocycles. The number of amides is 1. The Bertz CT molecular complexity index is 1080. The van der Waals surface area contributed by atoms with Crippen LogP contribution in [0.4, 0.5) is 0 Å². The number of carbonyl (C=O) groups is 2. The summed E-state index contributed by atoms with van der Waals surface area (Å²) in [4.78, 5) is 24.5. The van der Waals surface area contributed by atoms with Crippen LogP contribution in [0.5, 0.6) is 0 Å². The van der Waals surface area contributed by atoms with E-state index in [1.165, 1.54) is 308 Å². The van der Waals surface area contributed by atoms with Crippen molar-refractivity contribution in [3.05, 3.63) is 12.2 Å². The number of ether oxygens (including phenoxy) is 1. The zero-order valence-electron chi connectivity index (χ0n) is 48.9. The lowest BCUT2D eigenvalue weighted by Crippen LogP contribution is -2.45. The normalized spacial score (nSPS) is 12.6. The fourth-order valence-electron chi connectivity index (χ4n) is 10.5. The van der Waals surface area contributed by atoms with Gasteiger partial charge in [0.05, 0.1) is 25.4 Å². The molecule has 3 N–H and O–H groups in total. The molecule has 0 aromatic carbocycles. The molecule has 72 heavy (non-hydrogen) atoms. The zero-order valence-corrected chi connectivity index (χ0v) is 48.9. The third-order valence-corrected chi connectivity index (χ3v) is 15.6. The summed E-state index contributed by atoms with van der Waals surface area (Å²) in [6.07, 6.45) is 75.6. The van der Waals surface area contributed by atoms with E-state index in [4.69, 9.17) is 4.74 Å². The lowest BCUT2D eigenvalue weighted by Gasteiger charge is -2.20. The lowest BCUT2D eigenvalue weighted by atomic mass is 10.0. The summed E-state index contributed by atoms with van der Waals surface area (Å²) in [6.45, 7) is 4.93. The topological polar surface area (TPSA) is 95.9 Å². The van der Waals surface area contributed by atoms with E-state index in [-0.39, 0.29) is 18.5 Å². The molecule has 2 atom stereocenters. The Hall–Kier alpha value is -1.40. The fraction of sp³-hybridized carbons (Fsp3) is 0.939. The molecule has 0 spiro atoms. The van der Waals surface area contributed by atoms with Crippen molar-refractivity contribution in [3.63, 3.8) is 0 Å². The molecular formula is C66H129NO5. The number of aliphatic hydroxyl groups is 2. The molecule has 0 bridgehead atoms. The van der Waals surface area contributed by atoms with E-state index in [1.807, 2.05) is 6.08 Å². The average molecular weight is 1020 g/mol. The summed E-state index contributed by atoms with van der Waals surface area (Å²) in [5, 5.41) is 23.1. The Kier molecular flexibility index (Phi) is 60.9. The fourth-order valence-corrected chi connectivity index (χ4v) is 10.5. The number of unbranched alkanes of at least 4 members (excludes halogenated alkanes) is 51. The average Bonchev–Trinajstić information content (AvgIpc) is 3.38. The van der Waals surface area contributed by atoms with Crippen LogP contribution >= 0.6 is 0 Å². The van der Waals surface area contributed by atoms with Gasteiger partial charge >= 0.3 is 5.97 Å². The van der Waals surface area contributed by atoms with Gasteiger partial charge in [-0.05, 0) is 32.1 Å². The van der Waals surface area contributed by atoms with Gasteiger partial charge in [-0.25, -0.2) is 0 Å². The van der Waals surface area contributed by atoms with Gasteiger partial charge in [-0.1, -0.05) is 341 Å². The van der Waals surface area contributed by atoms with E-state index < -0.39 is 12.1 Å². The van der Waals surface area contributed by atoms with Gasteiger partial charge in [0.25, 0.3) is 0 Å². The quantitative estimate of drug-likeness (QED) is 0.0320. The van der Waals surface area contributed by atoms with Crippen molar-refractivity contribution in [2.45, 2.75) is 386 Å². The molecule has 0 aliphatic heterocycles. The van der Waals surface area contributed by atoms with Crippen LogP contribution in [0.15, 0.2) is 12.2 Å². The number of allylic oxidation sites excluding steroid dienone is 1. The smallest absolute Gasteiger partial charge is 0.305 e. The van der Waals surface area contributed by atoms with Crippen molar-refractivity contribution in [3.8, 4) is 0 Å². The summed E-state index contributed by atoms with van der Waals surface area (Å²) < 4.78 is 5.50. The van der Waals surface area contributed by atoms with Crippen LogP contribution in [0, 0.1) is 0 Å². The number of hydrogen-bond acceptors (Lipinski definition) is 5. The number of esters is 1. The minimum atomic E-state index is -0.841. The standard InChI is InChI=1S/C66H129NO5/c1-3-5-7-9-11-13-15-17-31-36-40-44-48-52-56-60-66(71)72-61-57-53-49-45-41-37-33-30-28-26-24-22-20-18-19-21-23-25-27-29-32-35-39-43-47-51-55-59-65(70)67-63(62-68)64(69)58-54-50-46-42-38-34-16-14-12-10-8-6-4-2/h54,58,63-64,68-69H,3-53,55-57,59-62H2,1-2H3,(H,67,70)/b58-54+. The summed E-state index contributed by atoms with van der Waals surface area (Å²) in [5.74, 6) is -0.0423. The lowest BCUT2D eigenvalue weighted by molar-refractivity contribution is -0.143. The van der Waals surface area contributed by atoms with Crippen molar-refractivity contribution in [2.24, 2.45) is 0 Å². The van der Waals surface area contributed by atoms with Gasteiger partial charge in [-0.15, -0.1) is 0 Å². The molecule has 0 aromatic rings. The molecule has 0 fully saturated rings. The predicted molar refractivity (Wildman–Crippen MR) is 315 cm³/mol. The van der Waals surface area contributed by atoms with Gasteiger partial charge in [0.15, 0.2) is 0 Å². The second-order valence-corrected chi connectivity index (χ2v) is 22.8. The van der Waals surface area contributed by atoms with E-state index in [2.05, 4.69) is 19.2 Å². The van der Waals surface area contributed by atoms with Gasteiger partial charge in [-0.2, -0.15) is 0 Å². The molecule has 0 aliphatic rings. The van der Waals surface area contributed by atoms with E-state index in [0.717, 1.165) is 38.5 Å². The largest absolute Gasteiger partial charge is 0.466 e. The highest BCUT2D eigenvalue weighted by atomic mass is 16.5. The SMILES string of the molecule is CCCCCCCCCCCCC/C=C/C(O)C(CO)NC(=O)CCCCCCCCCCCCCCCCCCCCCCCCCCCCCOC(=O)CCCCCCCCCCCCCCCCC. The highest BCUT2D eigenvalue weighted by Gasteiger charge is 2.18. The maximum Gasteiger partial charge on any atom is 0.305 e. The maximum atomic E-state index is 12.5. The third kappa shape index (κ3) is 57.9. The first-order valence-corrected chi connectivity index (χ1v) is 33.0. The molecule has 6 nitrogen and oxygen atoms in total. The monoisotopic (exact) mass is 1020 g/mol. The Morgan fingerprint density at radius 3 is 0.944 bits per heavy atom. The summed E-state index contributed by atoms with van der Waals surface area (Å²) >= 11 is 0. The van der Waals surface area contributed by atoms with Crippen LogP contribution in [-0.4, -0.2) is 47.4 Å². The summed E-state index contributed by atoms with van der Waals surface area (Å²) in [5.41, 5.74) is 0. The molecule has 1 amide bonds. The first-order valence-electron chi connectivity index (χ1n) is 33.0. The minimum Gasteiger partial charge on any atom is -0.466 e. The third-order valence-electron chi connectivity index (χ3n) is 15.6. The highest BCUT2D eigenvalue weighted by Crippen LogP contribution is 2.19. The van der Waals surface area contributed by atoms with Gasteiger partial charge in [0.2, 0.25) is 5.91 Å². The van der Waals surface area contributed by atoms with Gasteiger partial charge < -0.3 is 20.3 Å². The van der Waals surface area contributed by atoms with Crippen molar-refractivity contribution >= 4 is 11.9 Å². The van der Waals surface area contributed by atoms with Crippen molar-refractivity contribution in [1.82, 2.24) is 5.32 Å². The zero-order chi connectivity index (χ0) is 52.2. The molecule has 6 heteroatoms. The van der Waals surface area contributed by atoms with Crippen molar-refractivity contribution in [1.29, 1.82) is 0 Å². The number of aliphatic hydroxyl groups excluding tert-OH is 2. The maximum absolute atomic E-state index is 12.5. The highest BCUT2D eigenvalue weighted by molar-refractivity contribution is 5.76. The molecule has 428 valence electrons. The van der Waals surface area contributed by atoms with Crippen molar-refractivity contribution < 1.29 is 24.5 Å². The molecule has 0 radical (unpaired) electrons. The van der Waals surface area contributed by atoms with Gasteiger partial charge in [0, 0.05) is 12.8 Å². The predicted octanol–water partition coefficient (Wildman–Crippen LogP) is 20.8. The van der Waals surface area contributed by atoms with Crippen LogP contribution < -0.4 is 5.32 Å². The number of hydrogen-bond donors (Lipinski definition) is 3. The molecule has 2 unspecified atom stereocenters. The van der Waals surface area contributed by atoms with Crippen LogP contribution in [0.25, 0.3) is 0 Å². The summed E-state index contributed by atoms with van der Waals surface area (Å²) in [7, 11) is 0. The Balaban J connectivity index is 3.33. The Morgan fingerprint density at radius 2 is 0.639 bits per heavy atom. The van der Waals surface area contributed by atoms with Gasteiger partial charge in [-0.3, -0.25) is 9.59 Å². The van der Waals surface area contributed by atoms with Crippen LogP contribution in [-0.2, 0) is 14.3 Å². The van der Waals surface area contributed by atoms with E-state index in [0.29, 0.717) is 19.4 Å². The second kappa shape index (κ2) is 62.1. The molecular weight excluding hydrogens is 887 g/mol. The number of rotatable bonds is 62. The Morgan fingerprint density at radius 1 is 0.375 bits per heavy atom. The van der Waals surface area contributed by atoms with Crippen molar-refractivity contribution in [2.75, 3.05) is 13.2 Å². The molecule has 0 rings (SSSR count). The first-order chi connectivity index (χ1) is 35.5. The van der Waals surface area contributed by atoms with Gasteiger partial charge in [0.1, 0.15) is 0 Å². The summed E-state index contributed by atoms with van der Waals surface area (Å²) in [6, 6.07) is -0.624. The van der Waals surface area contributed by atoms with Crippen LogP contribution in [0.3, 0.4) is 0 Å². The minimum absolute atomic E-state index is 0.0213. The van der Waals surface area contributed by atoms with E-state index in [9.17, 15) is 19.8 Å². The molecule has 0 saturated carbocycles. The number of nitrogens with one attached hydrogen (secondary N) is 1. The molecule has 0 aromatic heterocycles. The first kappa shape index (κ1) is 70.6. The van der Waals surface area contributed by atoms with Crippen LogP contribution in [0.2, 0.25) is 0 Å². The number of carbonyl (C=O) groups excluding carboxylic acids is 2. The van der Waals surface area contributed by atoms with Crippen LogP contribution in [0.1, 0.15) is 373 Å². The van der Waals surface area contributed by atoms with E-state index >= 15 is 0 Å². The molecule has 0 heterocycles.